The van der Waals surface area contributed by atoms with Crippen LogP contribution in [0, 0.1) is 5.92 Å². The average Bonchev–Trinajstić information content (AvgIpc) is 2.67. The number of ether oxygens (including phenoxy) is 1. The van der Waals surface area contributed by atoms with Crippen LogP contribution in [0.1, 0.15) is 12.0 Å². The van der Waals surface area contributed by atoms with E-state index in [-0.39, 0.29) is 13.0 Å². The molecule has 0 spiro atoms. The van der Waals surface area contributed by atoms with Crippen LogP contribution in [0.2, 0.25) is 0 Å². The number of benzene rings is 1. The van der Waals surface area contributed by atoms with E-state index in [1.165, 1.54) is 0 Å². The third-order valence-electron chi connectivity index (χ3n) is 2.48. The van der Waals surface area contributed by atoms with E-state index in [1.54, 1.807) is 0 Å². The predicted octanol–water partition coefficient (Wildman–Crippen LogP) is 0.393. The van der Waals surface area contributed by atoms with Crippen LogP contribution < -0.4 is 5.32 Å². The van der Waals surface area contributed by atoms with Crippen molar-refractivity contribution >= 4 is 17.8 Å². The Balaban J connectivity index is 1.90. The zero-order chi connectivity index (χ0) is 12.3. The Labute approximate surface area is 97.8 Å². The first-order valence-corrected chi connectivity index (χ1v) is 5.21. The molecule has 0 saturated carbocycles. The van der Waals surface area contributed by atoms with Crippen LogP contribution in [0.15, 0.2) is 30.3 Å². The highest BCUT2D eigenvalue weighted by molar-refractivity contribution is 6.12. The van der Waals surface area contributed by atoms with E-state index in [4.69, 9.17) is 4.74 Å². The van der Waals surface area contributed by atoms with Crippen molar-refractivity contribution in [3.05, 3.63) is 35.9 Å². The molecule has 2 amide bonds. The van der Waals surface area contributed by atoms with Gasteiger partial charge in [-0.2, -0.15) is 0 Å². The van der Waals surface area contributed by atoms with Gasteiger partial charge in [-0.1, -0.05) is 30.3 Å². The van der Waals surface area contributed by atoms with Crippen LogP contribution in [0.25, 0.3) is 0 Å². The van der Waals surface area contributed by atoms with Gasteiger partial charge in [0.05, 0.1) is 0 Å². The predicted molar refractivity (Wildman–Crippen MR) is 57.5 cm³/mol. The lowest BCUT2D eigenvalue weighted by atomic mass is 10.1. The van der Waals surface area contributed by atoms with Crippen molar-refractivity contribution < 1.29 is 19.1 Å². The van der Waals surface area contributed by atoms with Crippen molar-refractivity contribution in [1.29, 1.82) is 0 Å². The van der Waals surface area contributed by atoms with Gasteiger partial charge in [0.2, 0.25) is 11.8 Å². The molecule has 0 aromatic heterocycles. The van der Waals surface area contributed by atoms with Crippen LogP contribution in [-0.4, -0.2) is 17.8 Å². The second kappa shape index (κ2) is 4.78. The first-order valence-electron chi connectivity index (χ1n) is 5.21. The molecule has 2 rings (SSSR count). The lowest BCUT2D eigenvalue weighted by Gasteiger charge is -2.07. The summed E-state index contributed by atoms with van der Waals surface area (Å²) in [5, 5.41) is 2.07. The Morgan fingerprint density at radius 3 is 2.59 bits per heavy atom. The molecular weight excluding hydrogens is 222 g/mol. The smallest absolute Gasteiger partial charge is 0.319 e. The van der Waals surface area contributed by atoms with Crippen molar-refractivity contribution in [2.75, 3.05) is 0 Å². The first-order chi connectivity index (χ1) is 8.16. The molecular formula is C12H11NO4. The highest BCUT2D eigenvalue weighted by Gasteiger charge is 2.37. The molecule has 1 saturated heterocycles. The first kappa shape index (κ1) is 11.3. The molecule has 17 heavy (non-hydrogen) atoms. The second-order valence-electron chi connectivity index (χ2n) is 3.76. The maximum atomic E-state index is 11.5. The minimum absolute atomic E-state index is 0.109. The molecule has 0 aliphatic carbocycles. The molecule has 88 valence electrons. The number of carbonyl (C=O) groups excluding carboxylic acids is 3. The quantitative estimate of drug-likeness (QED) is 0.465. The van der Waals surface area contributed by atoms with Crippen LogP contribution in [0.4, 0.5) is 0 Å². The maximum Gasteiger partial charge on any atom is 0.319 e. The summed E-state index contributed by atoms with van der Waals surface area (Å²) in [5.41, 5.74) is 0.839. The fourth-order valence-corrected chi connectivity index (χ4v) is 1.57. The summed E-state index contributed by atoms with van der Waals surface area (Å²) in [6.45, 7) is 0.109. The van der Waals surface area contributed by atoms with Gasteiger partial charge in [0.1, 0.15) is 12.5 Å². The molecule has 1 atom stereocenters. The average molecular weight is 233 g/mol. The molecule has 1 aliphatic rings. The summed E-state index contributed by atoms with van der Waals surface area (Å²) in [7, 11) is 0. The Bertz CT molecular complexity index is 455. The van der Waals surface area contributed by atoms with Crippen LogP contribution in [-0.2, 0) is 25.7 Å². The van der Waals surface area contributed by atoms with E-state index in [2.05, 4.69) is 5.32 Å². The summed E-state index contributed by atoms with van der Waals surface area (Å²) in [5.74, 6) is -2.66. The van der Waals surface area contributed by atoms with Gasteiger partial charge in [0, 0.05) is 6.42 Å². The summed E-state index contributed by atoms with van der Waals surface area (Å²) in [6.07, 6.45) is -0.119. The number of esters is 1. The van der Waals surface area contributed by atoms with Gasteiger partial charge < -0.3 is 4.74 Å². The molecule has 1 aromatic rings. The van der Waals surface area contributed by atoms with Crippen molar-refractivity contribution in [2.24, 2.45) is 5.92 Å². The Morgan fingerprint density at radius 2 is 2.00 bits per heavy atom. The number of hydrogen-bond donors (Lipinski definition) is 1. The van der Waals surface area contributed by atoms with Crippen molar-refractivity contribution in [3.8, 4) is 0 Å². The van der Waals surface area contributed by atoms with Gasteiger partial charge in [-0.05, 0) is 5.56 Å². The molecule has 1 aromatic carbocycles. The van der Waals surface area contributed by atoms with Gasteiger partial charge in [-0.25, -0.2) is 0 Å². The zero-order valence-electron chi connectivity index (χ0n) is 9.01. The molecule has 0 unspecified atom stereocenters. The van der Waals surface area contributed by atoms with Crippen LogP contribution >= 0.6 is 0 Å². The Hall–Kier alpha value is -2.17. The van der Waals surface area contributed by atoms with E-state index in [1.807, 2.05) is 30.3 Å². The van der Waals surface area contributed by atoms with Crippen molar-refractivity contribution in [1.82, 2.24) is 5.32 Å². The van der Waals surface area contributed by atoms with E-state index >= 15 is 0 Å². The van der Waals surface area contributed by atoms with E-state index < -0.39 is 23.7 Å². The van der Waals surface area contributed by atoms with Crippen LogP contribution in [0.5, 0.6) is 0 Å². The van der Waals surface area contributed by atoms with E-state index in [9.17, 15) is 14.4 Å². The highest BCUT2D eigenvalue weighted by atomic mass is 16.5. The molecule has 1 aliphatic heterocycles. The van der Waals surface area contributed by atoms with E-state index in [0.29, 0.717) is 0 Å². The third kappa shape index (κ3) is 2.69. The monoisotopic (exact) mass is 233 g/mol. The highest BCUT2D eigenvalue weighted by Crippen LogP contribution is 2.13. The minimum Gasteiger partial charge on any atom is -0.460 e. The molecule has 0 radical (unpaired) electrons. The van der Waals surface area contributed by atoms with Gasteiger partial charge in [-0.15, -0.1) is 0 Å². The summed E-state index contributed by atoms with van der Waals surface area (Å²) < 4.78 is 4.98. The van der Waals surface area contributed by atoms with Gasteiger partial charge in [0.15, 0.2) is 0 Å². The lowest BCUT2D eigenvalue weighted by molar-refractivity contribution is -0.152. The van der Waals surface area contributed by atoms with Gasteiger partial charge in [-0.3, -0.25) is 19.7 Å². The molecule has 1 heterocycles. The number of carbonyl (C=O) groups is 3. The number of nitrogens with one attached hydrogen (secondary N) is 1. The second-order valence-corrected chi connectivity index (χ2v) is 3.76. The fourth-order valence-electron chi connectivity index (χ4n) is 1.57. The Kier molecular flexibility index (Phi) is 3.18. The molecule has 5 nitrogen and oxygen atoms in total. The number of imide groups is 1. The maximum absolute atomic E-state index is 11.5. The molecule has 1 N–H and O–H groups in total. The summed E-state index contributed by atoms with van der Waals surface area (Å²) >= 11 is 0. The van der Waals surface area contributed by atoms with Gasteiger partial charge >= 0.3 is 5.97 Å². The normalized spacial score (nSPS) is 18.9. The van der Waals surface area contributed by atoms with Crippen LogP contribution in [0.3, 0.4) is 0 Å². The van der Waals surface area contributed by atoms with Crippen molar-refractivity contribution in [2.45, 2.75) is 13.0 Å². The third-order valence-corrected chi connectivity index (χ3v) is 2.48. The molecule has 0 bridgehead atoms. The van der Waals surface area contributed by atoms with Gasteiger partial charge in [0.25, 0.3) is 0 Å². The zero-order valence-corrected chi connectivity index (χ0v) is 9.01. The largest absolute Gasteiger partial charge is 0.460 e. The summed E-state index contributed by atoms with van der Waals surface area (Å²) in [6, 6.07) is 9.14. The molecule has 5 heteroatoms. The minimum atomic E-state index is -0.994. The summed E-state index contributed by atoms with van der Waals surface area (Å²) in [4.78, 5) is 33.6. The van der Waals surface area contributed by atoms with Crippen molar-refractivity contribution in [3.63, 3.8) is 0 Å². The molecule has 1 fully saturated rings. The number of rotatable bonds is 3. The number of amides is 2. The van der Waals surface area contributed by atoms with E-state index in [0.717, 1.165) is 5.56 Å². The Morgan fingerprint density at radius 1 is 1.29 bits per heavy atom. The SMILES string of the molecule is O=C1C[C@@H](C(=O)OCc2ccccc2)C(=O)N1. The standard InChI is InChI=1S/C12H11NO4/c14-10-6-9(11(15)13-10)12(16)17-7-8-4-2-1-3-5-8/h1-5,9H,6-7H2,(H,13,14,15)/t9-/m1/s1. The fraction of sp³-hybridized carbons (Fsp3) is 0.250. The number of hydrogen-bond acceptors (Lipinski definition) is 4. The lowest BCUT2D eigenvalue weighted by Crippen LogP contribution is -2.27. The topological polar surface area (TPSA) is 72.5 Å².